The molecule has 0 amide bonds. The fourth-order valence-corrected chi connectivity index (χ4v) is 7.57. The number of hydrogen-bond acceptors (Lipinski definition) is 16. The van der Waals surface area contributed by atoms with Crippen LogP contribution in [0, 0.1) is 0 Å². The Hall–Kier alpha value is -8.66. The van der Waals surface area contributed by atoms with Gasteiger partial charge in [0.1, 0.15) is 34.3 Å². The number of phenols is 1. The molecule has 7 aromatic rings. The third kappa shape index (κ3) is 10.4. The second-order valence-electron chi connectivity index (χ2n) is 15.9. The lowest BCUT2D eigenvalue weighted by Gasteiger charge is -2.14. The summed E-state index contributed by atoms with van der Waals surface area (Å²) in [6.45, 7) is 7.87. The number of carbonyl (C=O) groups is 6. The molecule has 10 rings (SSSR count). The van der Waals surface area contributed by atoms with Gasteiger partial charge in [-0.3, -0.25) is 28.8 Å². The number of phenolic OH excluding ortho intramolecular Hbond substituents is 1. The van der Waals surface area contributed by atoms with Gasteiger partial charge in [-0.1, -0.05) is 92.4 Å². The third-order valence-electron chi connectivity index (χ3n) is 10.9. The van der Waals surface area contributed by atoms with Gasteiger partial charge < -0.3 is 38.6 Å². The number of hydrogen-bond donors (Lipinski definition) is 2. The van der Waals surface area contributed by atoms with E-state index in [2.05, 4.69) is 9.97 Å². The number of methoxy groups -OCH3 is 4. The first-order valence-corrected chi connectivity index (χ1v) is 21.1. The second kappa shape index (κ2) is 22.6. The van der Waals surface area contributed by atoms with Crippen LogP contribution in [0.1, 0.15) is 136 Å². The van der Waals surface area contributed by atoms with E-state index in [4.69, 9.17) is 33.5 Å². The van der Waals surface area contributed by atoms with Crippen molar-refractivity contribution >= 4 is 56.6 Å². The van der Waals surface area contributed by atoms with Gasteiger partial charge in [-0.2, -0.15) is 0 Å². The molecule has 0 saturated heterocycles. The average molecular weight is 968 g/mol. The van der Waals surface area contributed by atoms with Crippen molar-refractivity contribution in [3.63, 3.8) is 0 Å². The van der Waals surface area contributed by atoms with Crippen molar-refractivity contribution < 1.29 is 61.7 Å². The van der Waals surface area contributed by atoms with Gasteiger partial charge >= 0.3 is 0 Å². The number of aromatic nitrogens is 2. The zero-order valence-electron chi connectivity index (χ0n) is 38.2. The van der Waals surface area contributed by atoms with Gasteiger partial charge in [0.15, 0.2) is 46.2 Å². The van der Waals surface area contributed by atoms with Crippen LogP contribution in [0.4, 0.5) is 0 Å². The molecule has 0 bridgehead atoms. The fraction of sp³-hybridized carbons (Fsp3) is 0.236. The summed E-state index contributed by atoms with van der Waals surface area (Å²) in [5.74, 6) is 1.51. The number of Topliss-reactive ketones (excluding diaryl/α,β-unsaturated/α-hetero) is 3. The van der Waals surface area contributed by atoms with Crippen LogP contribution in [0.2, 0.25) is 0 Å². The molecule has 71 heavy (non-hydrogen) atoms. The Balaban J connectivity index is 0.000000205. The lowest BCUT2D eigenvalue weighted by Crippen LogP contribution is -2.22. The van der Waals surface area contributed by atoms with E-state index in [1.165, 1.54) is 33.5 Å². The second-order valence-corrected chi connectivity index (χ2v) is 15.9. The number of carbonyl (C=O) groups excluding carboxylic acids is 6. The zero-order valence-corrected chi connectivity index (χ0v) is 38.2. The van der Waals surface area contributed by atoms with Crippen LogP contribution >= 0.6 is 0 Å². The quantitative estimate of drug-likeness (QED) is 0.147. The molecule has 2 aromatic heterocycles. The molecule has 0 saturated carbocycles. The van der Waals surface area contributed by atoms with Crippen molar-refractivity contribution in [3.8, 4) is 40.1 Å². The molecule has 0 unspecified atom stereocenters. The Labute approximate surface area is 411 Å². The van der Waals surface area contributed by atoms with Crippen LogP contribution in [0.15, 0.2) is 112 Å². The first-order valence-electron chi connectivity index (χ1n) is 21.1. The minimum Gasteiger partial charge on any atom is -0.507 e. The Morgan fingerprint density at radius 2 is 1.04 bits per heavy atom. The smallest absolute Gasteiger partial charge is 0.255 e. The summed E-state index contributed by atoms with van der Waals surface area (Å²) in [5, 5.41) is 11.6. The van der Waals surface area contributed by atoms with Gasteiger partial charge in [-0.15, -0.1) is 0 Å². The van der Waals surface area contributed by atoms with E-state index in [-0.39, 0.29) is 80.0 Å². The van der Waals surface area contributed by atoms with Crippen molar-refractivity contribution in [1.29, 1.82) is 0 Å². The van der Waals surface area contributed by atoms with Gasteiger partial charge in [-0.05, 0) is 42.5 Å². The SMILES string of the molecule is C.C.C.COc1cccc2c1C(=O)C(=O)c1nc(C(C)C)oc1-2.COc1cccc2c1C(=O)C=C(N)C2=O.COc1cccc2c1C(=O)C=CC2=O.COc1cccc2c1c(O)cc1nc(C(C)C)oc12. The van der Waals surface area contributed by atoms with E-state index in [1.54, 1.807) is 67.8 Å². The van der Waals surface area contributed by atoms with E-state index < -0.39 is 11.6 Å². The molecule has 0 aliphatic heterocycles. The zero-order chi connectivity index (χ0) is 49.1. The van der Waals surface area contributed by atoms with E-state index in [0.717, 1.165) is 11.5 Å². The van der Waals surface area contributed by atoms with E-state index >= 15 is 0 Å². The number of aromatic hydroxyl groups is 1. The Morgan fingerprint density at radius 1 is 0.549 bits per heavy atom. The van der Waals surface area contributed by atoms with Gasteiger partial charge in [0.25, 0.3) is 5.78 Å². The van der Waals surface area contributed by atoms with Crippen LogP contribution < -0.4 is 24.7 Å². The summed E-state index contributed by atoms with van der Waals surface area (Å²) < 4.78 is 32.0. The van der Waals surface area contributed by atoms with Gasteiger partial charge in [0.2, 0.25) is 11.6 Å². The number of ether oxygens (including phenoxy) is 4. The molecule has 3 aliphatic carbocycles. The van der Waals surface area contributed by atoms with Crippen LogP contribution in [-0.2, 0) is 0 Å². The van der Waals surface area contributed by atoms with Gasteiger partial charge in [0, 0.05) is 46.1 Å². The number of nitrogens with zero attached hydrogens (tertiary/aromatic N) is 2. The molecule has 2 heterocycles. The number of nitrogens with two attached hydrogens (primary N) is 1. The first kappa shape index (κ1) is 54.9. The maximum atomic E-state index is 12.2. The highest BCUT2D eigenvalue weighted by Crippen LogP contribution is 2.41. The number of ketones is 6. The summed E-state index contributed by atoms with van der Waals surface area (Å²) >= 11 is 0. The lowest BCUT2D eigenvalue weighted by atomic mass is 9.90. The van der Waals surface area contributed by atoms with Crippen LogP contribution in [-0.4, -0.2) is 78.2 Å². The Morgan fingerprint density at radius 3 is 1.62 bits per heavy atom. The maximum Gasteiger partial charge on any atom is 0.255 e. The molecule has 5 aromatic carbocycles. The highest BCUT2D eigenvalue weighted by Gasteiger charge is 2.38. The first-order chi connectivity index (χ1) is 32.5. The largest absolute Gasteiger partial charge is 0.507 e. The summed E-state index contributed by atoms with van der Waals surface area (Å²) in [4.78, 5) is 79.1. The molecule has 3 aliphatic rings. The number of rotatable bonds is 6. The predicted molar refractivity (Wildman–Crippen MR) is 270 cm³/mol. The molecular weight excluding hydrogens is 911 g/mol. The molecule has 3 N–H and O–H groups in total. The average Bonchev–Trinajstić information content (AvgIpc) is 4.00. The molecular formula is C55H57N3O13. The highest BCUT2D eigenvalue weighted by atomic mass is 16.5. The minimum atomic E-state index is -0.646. The lowest BCUT2D eigenvalue weighted by molar-refractivity contribution is 0.0810. The molecule has 16 heteroatoms. The summed E-state index contributed by atoms with van der Waals surface area (Å²) in [6, 6.07) is 22.2. The van der Waals surface area contributed by atoms with Crippen LogP contribution in [0.5, 0.6) is 28.7 Å². The molecule has 0 spiro atoms. The van der Waals surface area contributed by atoms with Crippen LogP contribution in [0.3, 0.4) is 0 Å². The summed E-state index contributed by atoms with van der Waals surface area (Å²) in [5.41, 5.74) is 9.03. The molecule has 0 fully saturated rings. The van der Waals surface area contributed by atoms with Crippen molar-refractivity contribution in [1.82, 2.24) is 9.97 Å². The van der Waals surface area contributed by atoms with Crippen molar-refractivity contribution in [3.05, 3.63) is 148 Å². The fourth-order valence-electron chi connectivity index (χ4n) is 7.57. The maximum absolute atomic E-state index is 12.2. The number of fused-ring (bicyclic) bond motifs is 8. The molecule has 0 atom stereocenters. The van der Waals surface area contributed by atoms with E-state index in [1.807, 2.05) is 45.9 Å². The third-order valence-corrected chi connectivity index (χ3v) is 10.9. The van der Waals surface area contributed by atoms with E-state index in [9.17, 15) is 33.9 Å². The predicted octanol–water partition coefficient (Wildman–Crippen LogP) is 11.1. The monoisotopic (exact) mass is 967 g/mol. The molecule has 16 nitrogen and oxygen atoms in total. The normalized spacial score (nSPS) is 12.7. The minimum absolute atomic E-state index is 0. The Kier molecular flexibility index (Phi) is 17.5. The van der Waals surface area contributed by atoms with Crippen molar-refractivity contribution in [2.45, 2.75) is 61.8 Å². The van der Waals surface area contributed by atoms with Gasteiger partial charge in [-0.25, -0.2) is 9.97 Å². The standard InChI is InChI=1S/C15H13NO4.C15H15NO3.C11H9NO3.C11H8O3.3CH4/c1-7(2)15-16-11-13(18)12(17)10-8(14(11)20-15)5-4-6-9(10)19-3;1-8(2)15-16-10-7-11(17)13-9(14(10)19-15)5-4-6-12(13)18-3;1-15-9-4-2-3-6-10(9)8(13)5-7(12)11(6)14;1-14-10-4-2-3-7-8(12)5-6-9(13)11(7)10;;;/h4-7H,1-3H3;4-8,17H,1-3H3;2-5H,12H2,1H3;2-6H,1H3;3*1H4. The van der Waals surface area contributed by atoms with Gasteiger partial charge in [0.05, 0.1) is 56.2 Å². The molecule has 370 valence electrons. The number of oxazole rings is 2. The number of allylic oxidation sites excluding steroid dienone is 4. The summed E-state index contributed by atoms with van der Waals surface area (Å²) in [7, 11) is 5.97. The highest BCUT2D eigenvalue weighted by molar-refractivity contribution is 6.52. The van der Waals surface area contributed by atoms with Crippen molar-refractivity contribution in [2.75, 3.05) is 28.4 Å². The Bertz CT molecular complexity index is 3280. The summed E-state index contributed by atoms with van der Waals surface area (Å²) in [6.07, 6.45) is 3.68. The van der Waals surface area contributed by atoms with Crippen molar-refractivity contribution in [2.24, 2.45) is 5.73 Å². The topological polar surface area (TPSA) is 238 Å². The van der Waals surface area contributed by atoms with E-state index in [0.29, 0.717) is 84.8 Å². The van der Waals surface area contributed by atoms with Crippen LogP contribution in [0.25, 0.3) is 33.2 Å². The number of benzene rings is 5. The molecule has 0 radical (unpaired) electrons.